The van der Waals surface area contributed by atoms with Gasteiger partial charge in [-0.3, -0.25) is 14.9 Å². The lowest BCUT2D eigenvalue weighted by Gasteiger charge is -2.13. The summed E-state index contributed by atoms with van der Waals surface area (Å²) in [5.74, 6) is -0.524. The fourth-order valence-corrected chi connectivity index (χ4v) is 2.90. The first kappa shape index (κ1) is 17.9. The van der Waals surface area contributed by atoms with Crippen LogP contribution in [0.3, 0.4) is 0 Å². The Morgan fingerprint density at radius 2 is 2.08 bits per heavy atom. The Balaban J connectivity index is 1.70. The predicted octanol–water partition coefficient (Wildman–Crippen LogP) is 3.20. The molecule has 7 nitrogen and oxygen atoms in total. The highest BCUT2D eigenvalue weighted by Crippen LogP contribution is 2.25. The van der Waals surface area contributed by atoms with Crippen molar-refractivity contribution in [2.45, 2.75) is 6.10 Å². The summed E-state index contributed by atoms with van der Waals surface area (Å²) in [7, 11) is 1.93. The normalized spacial score (nSPS) is 12.1. The van der Waals surface area contributed by atoms with E-state index in [0.29, 0.717) is 5.56 Å². The third-order valence-electron chi connectivity index (χ3n) is 4.16. The highest BCUT2D eigenvalue weighted by molar-refractivity contribution is 6.32. The maximum Gasteiger partial charge on any atom is 0.288 e. The molecule has 1 unspecified atom stereocenters. The summed E-state index contributed by atoms with van der Waals surface area (Å²) in [6.07, 6.45) is 1.03. The number of hydrogen-bond donors (Lipinski definition) is 2. The molecule has 2 aromatic carbocycles. The van der Waals surface area contributed by atoms with Crippen LogP contribution in [-0.2, 0) is 7.05 Å². The molecule has 0 radical (unpaired) electrons. The number of hydrogen-bond acceptors (Lipinski definition) is 4. The lowest BCUT2D eigenvalue weighted by molar-refractivity contribution is -0.384. The van der Waals surface area contributed by atoms with Crippen LogP contribution in [0.4, 0.5) is 5.69 Å². The number of aromatic nitrogens is 1. The molecule has 0 fully saturated rings. The number of amides is 1. The molecule has 3 rings (SSSR count). The lowest BCUT2D eigenvalue weighted by Crippen LogP contribution is -2.28. The van der Waals surface area contributed by atoms with Crippen LogP contribution in [0.2, 0.25) is 5.02 Å². The zero-order chi connectivity index (χ0) is 18.8. The Labute approximate surface area is 154 Å². The van der Waals surface area contributed by atoms with Crippen molar-refractivity contribution in [3.05, 3.63) is 74.9 Å². The molecule has 0 aliphatic heterocycles. The van der Waals surface area contributed by atoms with Crippen molar-refractivity contribution in [2.75, 3.05) is 6.54 Å². The second-order valence-corrected chi connectivity index (χ2v) is 6.30. The maximum atomic E-state index is 12.2. The van der Waals surface area contributed by atoms with Crippen molar-refractivity contribution in [2.24, 2.45) is 7.05 Å². The molecule has 134 valence electrons. The molecule has 0 saturated carbocycles. The third-order valence-corrected chi connectivity index (χ3v) is 4.47. The molecule has 0 saturated heterocycles. The van der Waals surface area contributed by atoms with Gasteiger partial charge in [0.15, 0.2) is 0 Å². The number of nitro benzene ring substituents is 1. The van der Waals surface area contributed by atoms with Crippen LogP contribution in [0.25, 0.3) is 10.9 Å². The Kier molecular flexibility index (Phi) is 4.92. The molecule has 1 atom stereocenters. The number of nitro groups is 1. The van der Waals surface area contributed by atoms with Crippen LogP contribution in [-0.4, -0.2) is 27.0 Å². The third kappa shape index (κ3) is 3.54. The Morgan fingerprint density at radius 3 is 2.81 bits per heavy atom. The monoisotopic (exact) mass is 373 g/mol. The van der Waals surface area contributed by atoms with Gasteiger partial charge in [0.2, 0.25) is 0 Å². The molecule has 1 aromatic heterocycles. The molecule has 0 bridgehead atoms. The largest absolute Gasteiger partial charge is 0.387 e. The number of fused-ring (bicyclic) bond motifs is 1. The number of halogens is 1. The van der Waals surface area contributed by atoms with Crippen molar-refractivity contribution in [1.82, 2.24) is 9.88 Å². The molecule has 8 heteroatoms. The van der Waals surface area contributed by atoms with Crippen LogP contribution in [0, 0.1) is 10.1 Å². The number of benzene rings is 2. The van der Waals surface area contributed by atoms with Gasteiger partial charge in [-0.1, -0.05) is 17.7 Å². The SMILES string of the molecule is Cn1ccc2cc(C(O)CNC(=O)c3ccc(Cl)c([N+](=O)[O-])c3)ccc21. The topological polar surface area (TPSA) is 97.4 Å². The van der Waals surface area contributed by atoms with E-state index in [1.807, 2.05) is 36.0 Å². The zero-order valence-corrected chi connectivity index (χ0v) is 14.6. The van der Waals surface area contributed by atoms with Crippen molar-refractivity contribution >= 4 is 34.1 Å². The van der Waals surface area contributed by atoms with E-state index in [4.69, 9.17) is 11.6 Å². The van der Waals surface area contributed by atoms with E-state index < -0.39 is 16.9 Å². The zero-order valence-electron chi connectivity index (χ0n) is 13.8. The number of carbonyl (C=O) groups is 1. The molecular weight excluding hydrogens is 358 g/mol. The number of aryl methyl sites for hydroxylation is 1. The number of nitrogens with zero attached hydrogens (tertiary/aromatic N) is 2. The van der Waals surface area contributed by atoms with E-state index in [9.17, 15) is 20.0 Å². The van der Waals surface area contributed by atoms with Gasteiger partial charge in [-0.05, 0) is 41.3 Å². The summed E-state index contributed by atoms with van der Waals surface area (Å²) < 4.78 is 1.97. The van der Waals surface area contributed by atoms with Gasteiger partial charge in [0.1, 0.15) is 5.02 Å². The lowest BCUT2D eigenvalue weighted by atomic mass is 10.1. The van der Waals surface area contributed by atoms with Crippen LogP contribution < -0.4 is 5.32 Å². The average molecular weight is 374 g/mol. The molecule has 1 heterocycles. The highest BCUT2D eigenvalue weighted by atomic mass is 35.5. The molecule has 2 N–H and O–H groups in total. The fraction of sp³-hybridized carbons (Fsp3) is 0.167. The van der Waals surface area contributed by atoms with Crippen LogP contribution in [0.1, 0.15) is 22.0 Å². The van der Waals surface area contributed by atoms with Gasteiger partial charge in [0.25, 0.3) is 11.6 Å². The smallest absolute Gasteiger partial charge is 0.288 e. The van der Waals surface area contributed by atoms with Gasteiger partial charge in [-0.15, -0.1) is 0 Å². The Bertz CT molecular complexity index is 999. The average Bonchev–Trinajstić information content (AvgIpc) is 3.00. The standard InChI is InChI=1S/C18H16ClN3O4/c1-21-7-6-11-8-12(3-5-15(11)21)17(23)10-20-18(24)13-2-4-14(19)16(9-13)22(25)26/h2-9,17,23H,10H2,1H3,(H,20,24). The molecule has 26 heavy (non-hydrogen) atoms. The Morgan fingerprint density at radius 1 is 1.31 bits per heavy atom. The minimum Gasteiger partial charge on any atom is -0.387 e. The molecule has 1 amide bonds. The molecule has 3 aromatic rings. The summed E-state index contributed by atoms with van der Waals surface area (Å²) >= 11 is 5.74. The van der Waals surface area contributed by atoms with Gasteiger partial charge >= 0.3 is 0 Å². The first-order valence-corrected chi connectivity index (χ1v) is 8.20. The first-order valence-electron chi connectivity index (χ1n) is 7.82. The highest BCUT2D eigenvalue weighted by Gasteiger charge is 2.17. The van der Waals surface area contributed by atoms with Gasteiger partial charge in [0.05, 0.1) is 11.0 Å². The fourth-order valence-electron chi connectivity index (χ4n) is 2.71. The van der Waals surface area contributed by atoms with Crippen molar-refractivity contribution < 1.29 is 14.8 Å². The Hall–Kier alpha value is -2.90. The minimum absolute atomic E-state index is 0.0202. The number of aliphatic hydroxyl groups excluding tert-OH is 1. The van der Waals surface area contributed by atoms with Gasteiger partial charge in [-0.2, -0.15) is 0 Å². The van der Waals surface area contributed by atoms with E-state index in [0.717, 1.165) is 17.0 Å². The van der Waals surface area contributed by atoms with E-state index in [2.05, 4.69) is 5.32 Å². The number of rotatable bonds is 5. The molecular formula is C18H16ClN3O4. The van der Waals surface area contributed by atoms with Crippen molar-refractivity contribution in [3.8, 4) is 0 Å². The van der Waals surface area contributed by atoms with Gasteiger partial charge in [0, 0.05) is 36.9 Å². The predicted molar refractivity (Wildman–Crippen MR) is 98.3 cm³/mol. The second-order valence-electron chi connectivity index (χ2n) is 5.89. The quantitative estimate of drug-likeness (QED) is 0.530. The summed E-state index contributed by atoms with van der Waals surface area (Å²) in [5.41, 5.74) is 1.48. The van der Waals surface area contributed by atoms with Crippen LogP contribution in [0.15, 0.2) is 48.7 Å². The van der Waals surface area contributed by atoms with Crippen LogP contribution >= 0.6 is 11.6 Å². The number of carbonyl (C=O) groups excluding carboxylic acids is 1. The molecule has 0 aliphatic rings. The number of nitrogens with one attached hydrogen (secondary N) is 1. The van der Waals surface area contributed by atoms with Gasteiger partial charge in [-0.25, -0.2) is 0 Å². The van der Waals surface area contributed by atoms with Gasteiger partial charge < -0.3 is 15.0 Å². The van der Waals surface area contributed by atoms with E-state index in [1.54, 1.807) is 6.07 Å². The maximum absolute atomic E-state index is 12.2. The van der Waals surface area contributed by atoms with E-state index >= 15 is 0 Å². The van der Waals surface area contributed by atoms with Crippen molar-refractivity contribution in [1.29, 1.82) is 0 Å². The summed E-state index contributed by atoms with van der Waals surface area (Å²) in [4.78, 5) is 22.4. The molecule has 0 spiro atoms. The minimum atomic E-state index is -0.897. The van der Waals surface area contributed by atoms with Crippen LogP contribution in [0.5, 0.6) is 0 Å². The summed E-state index contributed by atoms with van der Waals surface area (Å²) in [6, 6.07) is 11.3. The first-order chi connectivity index (χ1) is 12.4. The molecule has 0 aliphatic carbocycles. The number of aliphatic hydroxyl groups is 1. The van der Waals surface area contributed by atoms with Crippen molar-refractivity contribution in [3.63, 3.8) is 0 Å². The summed E-state index contributed by atoms with van der Waals surface area (Å²) in [6.45, 7) is -0.0202. The van der Waals surface area contributed by atoms with E-state index in [1.165, 1.54) is 12.1 Å². The second kappa shape index (κ2) is 7.15. The summed E-state index contributed by atoms with van der Waals surface area (Å²) in [5, 5.41) is 24.7. The van der Waals surface area contributed by atoms with E-state index in [-0.39, 0.29) is 22.8 Å².